The fourth-order valence-electron chi connectivity index (χ4n) is 2.77. The SMILES string of the molecule is CCn1c(SCc2ccccc2C(=O)NCCOC)nnc1-c1ccncc1. The highest BCUT2D eigenvalue weighted by molar-refractivity contribution is 7.98. The number of rotatable bonds is 9. The largest absolute Gasteiger partial charge is 0.383 e. The molecule has 146 valence electrons. The molecule has 0 radical (unpaired) electrons. The standard InChI is InChI=1S/C20H23N5O2S/c1-3-25-18(15-8-10-21-11-9-15)23-24-20(25)28-14-16-6-4-5-7-17(16)19(26)22-12-13-27-2/h4-11H,3,12-14H2,1-2H3,(H,22,26). The number of ether oxygens (including phenoxy) is 1. The van der Waals surface area contributed by atoms with Crippen molar-refractivity contribution in [2.45, 2.75) is 24.4 Å². The van der Waals surface area contributed by atoms with Gasteiger partial charge >= 0.3 is 0 Å². The fraction of sp³-hybridized carbons (Fsp3) is 0.300. The van der Waals surface area contributed by atoms with Crippen LogP contribution in [0, 0.1) is 0 Å². The van der Waals surface area contributed by atoms with Gasteiger partial charge < -0.3 is 14.6 Å². The minimum atomic E-state index is -0.0947. The van der Waals surface area contributed by atoms with Gasteiger partial charge in [-0.25, -0.2) is 0 Å². The number of aromatic nitrogens is 4. The first-order valence-electron chi connectivity index (χ1n) is 9.06. The van der Waals surface area contributed by atoms with Gasteiger partial charge in [0.15, 0.2) is 11.0 Å². The zero-order valence-electron chi connectivity index (χ0n) is 16.0. The van der Waals surface area contributed by atoms with Gasteiger partial charge in [0.25, 0.3) is 5.91 Å². The Morgan fingerprint density at radius 3 is 2.71 bits per heavy atom. The zero-order chi connectivity index (χ0) is 19.8. The Morgan fingerprint density at radius 2 is 1.96 bits per heavy atom. The Bertz CT molecular complexity index is 914. The summed E-state index contributed by atoms with van der Waals surface area (Å²) in [5.41, 5.74) is 2.61. The number of nitrogens with one attached hydrogen (secondary N) is 1. The summed E-state index contributed by atoms with van der Waals surface area (Å²) < 4.78 is 7.06. The van der Waals surface area contributed by atoms with Crippen molar-refractivity contribution in [2.24, 2.45) is 0 Å². The third-order valence-corrected chi connectivity index (χ3v) is 5.20. The molecule has 1 aromatic carbocycles. The smallest absolute Gasteiger partial charge is 0.251 e. The van der Waals surface area contributed by atoms with Gasteiger partial charge in [-0.15, -0.1) is 10.2 Å². The maximum Gasteiger partial charge on any atom is 0.251 e. The van der Waals surface area contributed by atoms with Crippen molar-refractivity contribution in [1.82, 2.24) is 25.1 Å². The van der Waals surface area contributed by atoms with Crippen LogP contribution < -0.4 is 5.32 Å². The monoisotopic (exact) mass is 397 g/mol. The van der Waals surface area contributed by atoms with Crippen molar-refractivity contribution >= 4 is 17.7 Å². The minimum absolute atomic E-state index is 0.0947. The van der Waals surface area contributed by atoms with Crippen molar-refractivity contribution in [3.05, 3.63) is 59.9 Å². The second-order valence-corrected chi connectivity index (χ2v) is 6.92. The summed E-state index contributed by atoms with van der Waals surface area (Å²) in [5, 5.41) is 12.4. The lowest BCUT2D eigenvalue weighted by atomic mass is 10.1. The molecule has 2 aromatic heterocycles. The van der Waals surface area contributed by atoms with Crippen LogP contribution in [-0.2, 0) is 17.0 Å². The molecule has 3 aromatic rings. The first-order valence-corrected chi connectivity index (χ1v) is 10.0. The average molecular weight is 398 g/mol. The van der Waals surface area contributed by atoms with E-state index in [0.29, 0.717) is 24.5 Å². The van der Waals surface area contributed by atoms with Gasteiger partial charge in [0.1, 0.15) is 0 Å². The highest BCUT2D eigenvalue weighted by Gasteiger charge is 2.15. The lowest BCUT2D eigenvalue weighted by molar-refractivity contribution is 0.0936. The predicted molar refractivity (Wildman–Crippen MR) is 109 cm³/mol. The van der Waals surface area contributed by atoms with Crippen molar-refractivity contribution in [2.75, 3.05) is 20.3 Å². The molecule has 0 fully saturated rings. The van der Waals surface area contributed by atoms with Gasteiger partial charge in [-0.05, 0) is 30.7 Å². The maximum absolute atomic E-state index is 12.4. The number of hydrogen-bond donors (Lipinski definition) is 1. The highest BCUT2D eigenvalue weighted by Crippen LogP contribution is 2.27. The lowest BCUT2D eigenvalue weighted by Crippen LogP contribution is -2.27. The van der Waals surface area contributed by atoms with Gasteiger partial charge in [-0.1, -0.05) is 30.0 Å². The number of pyridine rings is 1. The number of carbonyl (C=O) groups is 1. The van der Waals surface area contributed by atoms with Crippen molar-refractivity contribution in [3.8, 4) is 11.4 Å². The molecular formula is C20H23N5O2S. The molecule has 0 spiro atoms. The average Bonchev–Trinajstić information content (AvgIpc) is 3.16. The Morgan fingerprint density at radius 1 is 1.18 bits per heavy atom. The maximum atomic E-state index is 12.4. The molecule has 28 heavy (non-hydrogen) atoms. The van der Waals surface area contributed by atoms with Crippen LogP contribution in [0.2, 0.25) is 0 Å². The van der Waals surface area contributed by atoms with Crippen LogP contribution in [0.3, 0.4) is 0 Å². The molecule has 1 amide bonds. The molecule has 2 heterocycles. The Kier molecular flexibility index (Phi) is 7.16. The second-order valence-electron chi connectivity index (χ2n) is 5.98. The van der Waals surface area contributed by atoms with E-state index in [-0.39, 0.29) is 5.91 Å². The number of amides is 1. The van der Waals surface area contributed by atoms with Crippen LogP contribution >= 0.6 is 11.8 Å². The van der Waals surface area contributed by atoms with E-state index >= 15 is 0 Å². The normalized spacial score (nSPS) is 10.8. The number of carbonyl (C=O) groups excluding carboxylic acids is 1. The molecule has 0 aliphatic carbocycles. The number of benzene rings is 1. The molecule has 0 atom stereocenters. The van der Waals surface area contributed by atoms with Gasteiger partial charge in [0, 0.05) is 49.5 Å². The minimum Gasteiger partial charge on any atom is -0.383 e. The summed E-state index contributed by atoms with van der Waals surface area (Å²) in [7, 11) is 1.61. The summed E-state index contributed by atoms with van der Waals surface area (Å²) in [5.74, 6) is 1.35. The predicted octanol–water partition coefficient (Wildman–Crippen LogP) is 3.03. The second kappa shape index (κ2) is 10.0. The summed E-state index contributed by atoms with van der Waals surface area (Å²) in [4.78, 5) is 16.5. The van der Waals surface area contributed by atoms with E-state index in [9.17, 15) is 4.79 Å². The zero-order valence-corrected chi connectivity index (χ0v) is 16.8. The Balaban J connectivity index is 1.75. The molecular weight excluding hydrogens is 374 g/mol. The highest BCUT2D eigenvalue weighted by atomic mass is 32.2. The van der Waals surface area contributed by atoms with Crippen molar-refractivity contribution in [1.29, 1.82) is 0 Å². The van der Waals surface area contributed by atoms with Crippen LogP contribution in [0.4, 0.5) is 0 Å². The number of hydrogen-bond acceptors (Lipinski definition) is 6. The first kappa shape index (κ1) is 20.0. The summed E-state index contributed by atoms with van der Waals surface area (Å²) in [6.07, 6.45) is 3.49. The van der Waals surface area contributed by atoms with E-state index in [4.69, 9.17) is 4.74 Å². The molecule has 0 bridgehead atoms. The number of nitrogens with zero attached hydrogens (tertiary/aromatic N) is 4. The van der Waals surface area contributed by atoms with E-state index < -0.39 is 0 Å². The molecule has 0 saturated heterocycles. The van der Waals surface area contributed by atoms with Gasteiger partial charge in [-0.2, -0.15) is 0 Å². The first-order chi connectivity index (χ1) is 13.7. The van der Waals surface area contributed by atoms with Gasteiger partial charge in [0.05, 0.1) is 6.61 Å². The third kappa shape index (κ3) is 4.76. The van der Waals surface area contributed by atoms with Crippen LogP contribution in [-0.4, -0.2) is 45.9 Å². The summed E-state index contributed by atoms with van der Waals surface area (Å²) >= 11 is 1.57. The van der Waals surface area contributed by atoms with E-state index in [1.807, 2.05) is 36.4 Å². The van der Waals surface area contributed by atoms with Gasteiger partial charge in [-0.3, -0.25) is 9.78 Å². The topological polar surface area (TPSA) is 81.9 Å². The fourth-order valence-corrected chi connectivity index (χ4v) is 3.77. The molecule has 7 nitrogen and oxygen atoms in total. The van der Waals surface area contributed by atoms with Gasteiger partial charge in [0.2, 0.25) is 0 Å². The molecule has 0 saturated carbocycles. The third-order valence-electron chi connectivity index (χ3n) is 4.18. The van der Waals surface area contributed by atoms with Crippen molar-refractivity contribution in [3.63, 3.8) is 0 Å². The van der Waals surface area contributed by atoms with Crippen LogP contribution in [0.15, 0.2) is 53.9 Å². The molecule has 0 unspecified atom stereocenters. The molecule has 3 rings (SSSR count). The summed E-state index contributed by atoms with van der Waals surface area (Å²) in [6.45, 7) is 3.79. The van der Waals surface area contributed by atoms with Crippen LogP contribution in [0.5, 0.6) is 0 Å². The molecule has 1 N–H and O–H groups in total. The van der Waals surface area contributed by atoms with Crippen molar-refractivity contribution < 1.29 is 9.53 Å². The van der Waals surface area contributed by atoms with Crippen LogP contribution in [0.25, 0.3) is 11.4 Å². The van der Waals surface area contributed by atoms with E-state index in [1.165, 1.54) is 0 Å². The van der Waals surface area contributed by atoms with E-state index in [1.54, 1.807) is 31.3 Å². The number of methoxy groups -OCH3 is 1. The Hall–Kier alpha value is -2.71. The molecule has 0 aliphatic rings. The molecule has 0 aliphatic heterocycles. The summed E-state index contributed by atoms with van der Waals surface area (Å²) in [6, 6.07) is 11.5. The Labute approximate surface area is 168 Å². The lowest BCUT2D eigenvalue weighted by Gasteiger charge is -2.10. The van der Waals surface area contributed by atoms with E-state index in [0.717, 1.165) is 28.7 Å². The number of thioether (sulfide) groups is 1. The van der Waals surface area contributed by atoms with E-state index in [2.05, 4.69) is 32.0 Å². The quantitative estimate of drug-likeness (QED) is 0.441. The molecule has 8 heteroatoms. The van der Waals surface area contributed by atoms with Crippen LogP contribution in [0.1, 0.15) is 22.8 Å².